The quantitative estimate of drug-likeness (QED) is 0.306. The number of benzene rings is 1. The average molecular weight is 363 g/mol. The molecule has 0 atom stereocenters. The lowest BCUT2D eigenvalue weighted by atomic mass is 10.1. The van der Waals surface area contributed by atoms with Gasteiger partial charge in [0.25, 0.3) is 0 Å². The van der Waals surface area contributed by atoms with E-state index in [2.05, 4.69) is 0 Å². The van der Waals surface area contributed by atoms with Crippen molar-refractivity contribution in [2.24, 2.45) is 0 Å². The topological polar surface area (TPSA) is 63.2 Å². The number of hydrogen-bond donors (Lipinski definition) is 0. The first-order valence-corrected chi connectivity index (χ1v) is 7.91. The number of rotatable bonds is 6. The zero-order valence-electron chi connectivity index (χ0n) is 14.0. The summed E-state index contributed by atoms with van der Waals surface area (Å²) in [7, 11) is 0. The highest BCUT2D eigenvalue weighted by Crippen LogP contribution is 2.32. The minimum Gasteiger partial charge on any atom is -0.462 e. The smallest absolute Gasteiger partial charge is 0.416 e. The monoisotopic (exact) mass is 363 g/mol. The van der Waals surface area contributed by atoms with E-state index in [4.69, 9.17) is 14.4 Å². The molecule has 0 aliphatic rings. The maximum atomic E-state index is 12.8. The summed E-state index contributed by atoms with van der Waals surface area (Å²) in [6.45, 7) is 2.15. The average Bonchev–Trinajstić information content (AvgIpc) is 3.08. The van der Waals surface area contributed by atoms with Crippen LogP contribution in [0.25, 0.3) is 17.4 Å². The number of halogens is 3. The number of hydrogen-bond acceptors (Lipinski definition) is 4. The molecule has 26 heavy (non-hydrogen) atoms. The fourth-order valence-corrected chi connectivity index (χ4v) is 2.10. The molecule has 7 heteroatoms. The van der Waals surface area contributed by atoms with Crippen molar-refractivity contribution < 1.29 is 27.1 Å². The molecule has 0 amide bonds. The number of nitrogens with zero attached hydrogens (tertiary/aromatic N) is 1. The van der Waals surface area contributed by atoms with Crippen LogP contribution in [0.2, 0.25) is 0 Å². The lowest BCUT2D eigenvalue weighted by Gasteiger charge is -2.07. The molecule has 0 spiro atoms. The molecule has 0 saturated carbocycles. The molecule has 136 valence electrons. The Morgan fingerprint density at radius 3 is 2.73 bits per heavy atom. The van der Waals surface area contributed by atoms with Gasteiger partial charge in [0.2, 0.25) is 0 Å². The standard InChI is InChI=1S/C19H16F3NO3/c1-2-3-9-25-18(24)14(12-23)11-16-7-8-17(26-16)13-5-4-6-15(10-13)19(20,21)22/h4-8,10-11H,2-3,9H2,1H3/b14-11+. The van der Waals surface area contributed by atoms with E-state index in [0.717, 1.165) is 18.6 Å². The molecule has 0 saturated heterocycles. The predicted octanol–water partition coefficient (Wildman–Crippen LogP) is 5.22. The highest BCUT2D eigenvalue weighted by Gasteiger charge is 2.30. The van der Waals surface area contributed by atoms with Crippen molar-refractivity contribution in [2.75, 3.05) is 6.61 Å². The van der Waals surface area contributed by atoms with Crippen molar-refractivity contribution in [3.05, 3.63) is 53.3 Å². The van der Waals surface area contributed by atoms with E-state index in [1.165, 1.54) is 30.3 Å². The van der Waals surface area contributed by atoms with Crippen molar-refractivity contribution in [1.29, 1.82) is 5.26 Å². The van der Waals surface area contributed by atoms with Crippen LogP contribution in [0.3, 0.4) is 0 Å². The minimum atomic E-state index is -4.46. The summed E-state index contributed by atoms with van der Waals surface area (Å²) in [4.78, 5) is 11.8. The van der Waals surface area contributed by atoms with Crippen LogP contribution in [-0.4, -0.2) is 12.6 Å². The van der Waals surface area contributed by atoms with Gasteiger partial charge in [0.15, 0.2) is 0 Å². The van der Waals surface area contributed by atoms with Gasteiger partial charge in [-0.1, -0.05) is 25.5 Å². The number of nitriles is 1. The van der Waals surface area contributed by atoms with Gasteiger partial charge < -0.3 is 9.15 Å². The second-order valence-electron chi connectivity index (χ2n) is 5.44. The Morgan fingerprint density at radius 1 is 1.31 bits per heavy atom. The highest BCUT2D eigenvalue weighted by molar-refractivity contribution is 5.97. The van der Waals surface area contributed by atoms with Gasteiger partial charge in [-0.3, -0.25) is 0 Å². The van der Waals surface area contributed by atoms with Crippen LogP contribution in [0.15, 0.2) is 46.4 Å². The van der Waals surface area contributed by atoms with Gasteiger partial charge in [0, 0.05) is 11.6 Å². The first-order valence-electron chi connectivity index (χ1n) is 7.91. The normalized spacial score (nSPS) is 11.9. The second-order valence-corrected chi connectivity index (χ2v) is 5.44. The fraction of sp³-hybridized carbons (Fsp3) is 0.263. The van der Waals surface area contributed by atoms with Gasteiger partial charge >= 0.3 is 12.1 Å². The number of furan rings is 1. The number of ether oxygens (including phenoxy) is 1. The Labute approximate surface area is 148 Å². The predicted molar refractivity (Wildman–Crippen MR) is 88.6 cm³/mol. The lowest BCUT2D eigenvalue weighted by molar-refractivity contribution is -0.139. The summed E-state index contributed by atoms with van der Waals surface area (Å²) in [5.74, 6) is -0.404. The third-order valence-corrected chi connectivity index (χ3v) is 3.46. The molecule has 4 nitrogen and oxygen atoms in total. The van der Waals surface area contributed by atoms with Crippen LogP contribution >= 0.6 is 0 Å². The molecule has 0 unspecified atom stereocenters. The molecule has 1 heterocycles. The van der Waals surface area contributed by atoms with Crippen LogP contribution in [0.5, 0.6) is 0 Å². The van der Waals surface area contributed by atoms with Crippen molar-refractivity contribution in [3.8, 4) is 17.4 Å². The van der Waals surface area contributed by atoms with Crippen molar-refractivity contribution in [2.45, 2.75) is 25.9 Å². The molecule has 1 aromatic heterocycles. The van der Waals surface area contributed by atoms with E-state index in [-0.39, 0.29) is 29.3 Å². The third kappa shape index (κ3) is 4.99. The van der Waals surface area contributed by atoms with Gasteiger partial charge in [0.05, 0.1) is 12.2 Å². The highest BCUT2D eigenvalue weighted by atomic mass is 19.4. The Morgan fingerprint density at radius 2 is 2.08 bits per heavy atom. The molecule has 0 aliphatic heterocycles. The Kier molecular flexibility index (Phi) is 6.23. The molecule has 0 fully saturated rings. The summed E-state index contributed by atoms with van der Waals surface area (Å²) in [5, 5.41) is 9.08. The number of unbranched alkanes of at least 4 members (excludes halogenated alkanes) is 1. The zero-order chi connectivity index (χ0) is 19.2. The van der Waals surface area contributed by atoms with Gasteiger partial charge in [-0.15, -0.1) is 0 Å². The maximum absolute atomic E-state index is 12.8. The zero-order valence-corrected chi connectivity index (χ0v) is 14.0. The molecule has 0 N–H and O–H groups in total. The molecule has 0 radical (unpaired) electrons. The van der Waals surface area contributed by atoms with Crippen LogP contribution in [0.4, 0.5) is 13.2 Å². The van der Waals surface area contributed by atoms with E-state index in [0.29, 0.717) is 6.42 Å². The van der Waals surface area contributed by atoms with E-state index in [1.54, 1.807) is 6.07 Å². The Balaban J connectivity index is 2.21. The molecular formula is C19H16F3NO3. The van der Waals surface area contributed by atoms with Gasteiger partial charge in [0.1, 0.15) is 23.2 Å². The number of carbonyl (C=O) groups excluding carboxylic acids is 1. The first-order chi connectivity index (χ1) is 12.3. The largest absolute Gasteiger partial charge is 0.462 e. The number of esters is 1. The van der Waals surface area contributed by atoms with E-state index >= 15 is 0 Å². The summed E-state index contributed by atoms with van der Waals surface area (Å²) >= 11 is 0. The third-order valence-electron chi connectivity index (χ3n) is 3.46. The summed E-state index contributed by atoms with van der Waals surface area (Å²) in [6, 6.07) is 9.36. The molecule has 2 rings (SSSR count). The number of alkyl halides is 3. The van der Waals surface area contributed by atoms with Crippen molar-refractivity contribution in [1.82, 2.24) is 0 Å². The Hall–Kier alpha value is -3.01. The molecule has 2 aromatic rings. The first kappa shape index (κ1) is 19.3. The van der Waals surface area contributed by atoms with Crippen molar-refractivity contribution >= 4 is 12.0 Å². The van der Waals surface area contributed by atoms with E-state index in [9.17, 15) is 18.0 Å². The second kappa shape index (κ2) is 8.39. The van der Waals surface area contributed by atoms with E-state index < -0.39 is 17.7 Å². The number of carbonyl (C=O) groups is 1. The van der Waals surface area contributed by atoms with Gasteiger partial charge in [-0.2, -0.15) is 18.4 Å². The molecule has 0 aliphatic carbocycles. The SMILES string of the molecule is CCCCOC(=O)/C(C#N)=C/c1ccc(-c2cccc(C(F)(F)F)c2)o1. The van der Waals surface area contributed by atoms with Crippen LogP contribution in [-0.2, 0) is 15.7 Å². The molecule has 1 aromatic carbocycles. The molecule has 0 bridgehead atoms. The minimum absolute atomic E-state index is 0.168. The van der Waals surface area contributed by atoms with Crippen LogP contribution in [0, 0.1) is 11.3 Å². The van der Waals surface area contributed by atoms with Crippen molar-refractivity contribution in [3.63, 3.8) is 0 Å². The molecular weight excluding hydrogens is 347 g/mol. The van der Waals surface area contributed by atoms with Crippen LogP contribution in [0.1, 0.15) is 31.1 Å². The van der Waals surface area contributed by atoms with Crippen LogP contribution < -0.4 is 0 Å². The Bertz CT molecular complexity index is 844. The van der Waals surface area contributed by atoms with Gasteiger partial charge in [-0.05, 0) is 30.7 Å². The maximum Gasteiger partial charge on any atom is 0.416 e. The lowest BCUT2D eigenvalue weighted by Crippen LogP contribution is -2.07. The fourth-order valence-electron chi connectivity index (χ4n) is 2.10. The summed E-state index contributed by atoms with van der Waals surface area (Å²) in [6.07, 6.45) is -1.73. The van der Waals surface area contributed by atoms with Gasteiger partial charge in [-0.25, -0.2) is 4.79 Å². The summed E-state index contributed by atoms with van der Waals surface area (Å²) in [5.41, 5.74) is -0.796. The van der Waals surface area contributed by atoms with E-state index in [1.807, 2.05) is 6.92 Å². The summed E-state index contributed by atoms with van der Waals surface area (Å²) < 4.78 is 48.8.